The minimum absolute atomic E-state index is 0.0958. The third-order valence-electron chi connectivity index (χ3n) is 6.97. The van der Waals surface area contributed by atoms with Crippen LogP contribution in [0.4, 0.5) is 11.6 Å². The van der Waals surface area contributed by atoms with Crippen molar-refractivity contribution < 1.29 is 14.3 Å². The summed E-state index contributed by atoms with van der Waals surface area (Å²) >= 11 is 0. The molecule has 2 fully saturated rings. The van der Waals surface area contributed by atoms with Crippen molar-refractivity contribution >= 4 is 28.5 Å². The van der Waals surface area contributed by atoms with Crippen molar-refractivity contribution in [1.82, 2.24) is 9.97 Å². The first-order chi connectivity index (χ1) is 16.0. The molecule has 3 aromatic heterocycles. The molecule has 174 valence electrons. The molecule has 0 amide bonds. The zero-order valence-corrected chi connectivity index (χ0v) is 18.9. The molecule has 3 aromatic rings. The molecular weight excluding hydrogens is 418 g/mol. The molecule has 4 heterocycles. The SMILES string of the molecule is CCCc1cnc2c(C(=O)Cc3cnccc3N3C[C@@H](N)[C@H](O)[C@@H](C4CC4)C3)c(N)oc2c1. The molecule has 33 heavy (non-hydrogen) atoms. The molecule has 1 saturated carbocycles. The molecule has 8 heteroatoms. The maximum Gasteiger partial charge on any atom is 0.204 e. The number of hydrogen-bond donors (Lipinski definition) is 3. The Morgan fingerprint density at radius 3 is 2.88 bits per heavy atom. The van der Waals surface area contributed by atoms with Crippen LogP contribution in [-0.4, -0.2) is 46.1 Å². The van der Waals surface area contributed by atoms with Crippen LogP contribution in [0.25, 0.3) is 11.1 Å². The van der Waals surface area contributed by atoms with Gasteiger partial charge in [0, 0.05) is 61.3 Å². The Bertz CT molecular complexity index is 1170. The van der Waals surface area contributed by atoms with Gasteiger partial charge >= 0.3 is 0 Å². The first-order valence-electron chi connectivity index (χ1n) is 11.8. The number of piperidine rings is 1. The number of Topliss-reactive ketones (excluding diaryl/α,β-unsaturated/α-hetero) is 1. The van der Waals surface area contributed by atoms with Gasteiger partial charge in [-0.15, -0.1) is 0 Å². The molecule has 1 aliphatic heterocycles. The van der Waals surface area contributed by atoms with Crippen molar-refractivity contribution in [3.05, 3.63) is 47.4 Å². The summed E-state index contributed by atoms with van der Waals surface area (Å²) in [6, 6.07) is 3.51. The number of aliphatic hydroxyl groups is 1. The maximum absolute atomic E-state index is 13.4. The quantitative estimate of drug-likeness (QED) is 0.469. The van der Waals surface area contributed by atoms with Gasteiger partial charge in [-0.3, -0.25) is 14.8 Å². The smallest absolute Gasteiger partial charge is 0.204 e. The molecule has 0 spiro atoms. The van der Waals surface area contributed by atoms with E-state index in [-0.39, 0.29) is 30.0 Å². The second-order valence-electron chi connectivity index (χ2n) is 9.45. The highest BCUT2D eigenvalue weighted by atomic mass is 16.3. The summed E-state index contributed by atoms with van der Waals surface area (Å²) in [7, 11) is 0. The van der Waals surface area contributed by atoms with Gasteiger partial charge in [-0.05, 0) is 42.9 Å². The zero-order valence-electron chi connectivity index (χ0n) is 18.9. The van der Waals surface area contributed by atoms with E-state index >= 15 is 0 Å². The van der Waals surface area contributed by atoms with E-state index in [2.05, 4.69) is 21.8 Å². The molecule has 0 bridgehead atoms. The standard InChI is InChI=1S/C25H31N5O3/c1-2-3-14-8-21-23(29-10-14)22(25(27)33-21)20(31)9-16-11-28-7-6-19(16)30-12-17(15-4-5-15)24(32)18(26)13-30/h6-8,10-11,15,17-18,24,32H,2-5,9,12-13,26-27H2,1H3/t17-,18-,24-/m1/s1. The van der Waals surface area contributed by atoms with E-state index in [0.717, 1.165) is 49.0 Å². The summed E-state index contributed by atoms with van der Waals surface area (Å²) in [6.45, 7) is 3.36. The average Bonchev–Trinajstić information content (AvgIpc) is 3.58. The lowest BCUT2D eigenvalue weighted by atomic mass is 9.87. The Morgan fingerprint density at radius 1 is 1.30 bits per heavy atom. The largest absolute Gasteiger partial charge is 0.438 e. The van der Waals surface area contributed by atoms with Gasteiger partial charge in [0.1, 0.15) is 11.1 Å². The van der Waals surface area contributed by atoms with E-state index in [1.54, 1.807) is 18.6 Å². The molecule has 3 atom stereocenters. The number of hydrogen-bond acceptors (Lipinski definition) is 8. The molecule has 0 radical (unpaired) electrons. The van der Waals surface area contributed by atoms with Crippen LogP contribution in [0.5, 0.6) is 0 Å². The van der Waals surface area contributed by atoms with Gasteiger partial charge in [-0.25, -0.2) is 0 Å². The number of carbonyl (C=O) groups excluding carboxylic acids is 1. The van der Waals surface area contributed by atoms with Gasteiger partial charge in [0.15, 0.2) is 11.4 Å². The van der Waals surface area contributed by atoms with Crippen LogP contribution in [0, 0.1) is 11.8 Å². The van der Waals surface area contributed by atoms with Gasteiger partial charge in [0.25, 0.3) is 0 Å². The second-order valence-corrected chi connectivity index (χ2v) is 9.45. The van der Waals surface area contributed by atoms with E-state index in [0.29, 0.717) is 29.1 Å². The van der Waals surface area contributed by atoms with Crippen molar-refractivity contribution in [3.63, 3.8) is 0 Å². The third-order valence-corrected chi connectivity index (χ3v) is 6.97. The fourth-order valence-electron chi connectivity index (χ4n) is 5.12. The minimum atomic E-state index is -0.485. The van der Waals surface area contributed by atoms with Crippen LogP contribution < -0.4 is 16.4 Å². The first kappa shape index (κ1) is 21.9. The summed E-state index contributed by atoms with van der Waals surface area (Å²) in [5.74, 6) is 0.622. The molecule has 0 aromatic carbocycles. The molecule has 2 aliphatic rings. The van der Waals surface area contributed by atoms with Crippen molar-refractivity contribution in [3.8, 4) is 0 Å². The summed E-state index contributed by atoms with van der Waals surface area (Å²) in [5.41, 5.74) is 16.5. The molecular formula is C25H31N5O3. The van der Waals surface area contributed by atoms with Crippen LogP contribution >= 0.6 is 0 Å². The monoisotopic (exact) mass is 449 g/mol. The van der Waals surface area contributed by atoms with Crippen LogP contribution in [-0.2, 0) is 12.8 Å². The molecule has 0 unspecified atom stereocenters. The number of carbonyl (C=O) groups is 1. The Labute approximate surface area is 193 Å². The molecule has 8 nitrogen and oxygen atoms in total. The number of aryl methyl sites for hydroxylation is 1. The van der Waals surface area contributed by atoms with Crippen molar-refractivity contribution in [2.45, 2.75) is 51.2 Å². The number of pyridine rings is 2. The normalized spacial score (nSPS) is 23.2. The van der Waals surface area contributed by atoms with E-state index < -0.39 is 6.10 Å². The fraction of sp³-hybridized carbons (Fsp3) is 0.480. The van der Waals surface area contributed by atoms with Gasteiger partial charge in [-0.1, -0.05) is 13.3 Å². The van der Waals surface area contributed by atoms with Crippen LogP contribution in [0.1, 0.15) is 47.7 Å². The number of furan rings is 1. The summed E-state index contributed by atoms with van der Waals surface area (Å²) in [4.78, 5) is 24.3. The number of aromatic nitrogens is 2. The Balaban J connectivity index is 1.42. The highest BCUT2D eigenvalue weighted by molar-refractivity contribution is 6.10. The average molecular weight is 450 g/mol. The maximum atomic E-state index is 13.4. The topological polar surface area (TPSA) is 132 Å². The van der Waals surface area contributed by atoms with E-state index in [1.807, 2.05) is 12.1 Å². The number of rotatable bonds is 7. The minimum Gasteiger partial charge on any atom is -0.438 e. The van der Waals surface area contributed by atoms with Crippen LogP contribution in [0.3, 0.4) is 0 Å². The first-order valence-corrected chi connectivity index (χ1v) is 11.8. The number of fused-ring (bicyclic) bond motifs is 1. The number of aliphatic hydroxyl groups excluding tert-OH is 1. The van der Waals surface area contributed by atoms with Crippen molar-refractivity contribution in [2.24, 2.45) is 17.6 Å². The Kier molecular flexibility index (Phi) is 5.80. The number of nitrogen functional groups attached to an aromatic ring is 1. The van der Waals surface area contributed by atoms with E-state index in [4.69, 9.17) is 15.9 Å². The number of anilines is 2. The van der Waals surface area contributed by atoms with Crippen molar-refractivity contribution in [2.75, 3.05) is 23.7 Å². The predicted octanol–water partition coefficient (Wildman–Crippen LogP) is 2.72. The molecule has 5 N–H and O–H groups in total. The lowest BCUT2D eigenvalue weighted by molar-refractivity contribution is 0.0593. The van der Waals surface area contributed by atoms with Crippen LogP contribution in [0.2, 0.25) is 0 Å². The summed E-state index contributed by atoms with van der Waals surface area (Å²) in [5, 5.41) is 10.6. The lowest BCUT2D eigenvalue weighted by Crippen LogP contribution is -2.57. The van der Waals surface area contributed by atoms with Crippen molar-refractivity contribution in [1.29, 1.82) is 0 Å². The predicted molar refractivity (Wildman–Crippen MR) is 127 cm³/mol. The lowest BCUT2D eigenvalue weighted by Gasteiger charge is -2.42. The number of nitrogens with zero attached hydrogens (tertiary/aromatic N) is 3. The van der Waals surface area contributed by atoms with Crippen LogP contribution in [0.15, 0.2) is 35.1 Å². The number of ketones is 1. The molecule has 5 rings (SSSR count). The van der Waals surface area contributed by atoms with E-state index in [1.165, 1.54) is 0 Å². The number of nitrogens with two attached hydrogens (primary N) is 2. The molecule has 1 aliphatic carbocycles. The fourth-order valence-corrected chi connectivity index (χ4v) is 5.12. The molecule has 1 saturated heterocycles. The van der Waals surface area contributed by atoms with Gasteiger partial charge in [0.2, 0.25) is 5.88 Å². The summed E-state index contributed by atoms with van der Waals surface area (Å²) < 4.78 is 5.69. The highest BCUT2D eigenvalue weighted by Gasteiger charge is 2.43. The van der Waals surface area contributed by atoms with Gasteiger partial charge < -0.3 is 25.9 Å². The summed E-state index contributed by atoms with van der Waals surface area (Å²) in [6.07, 6.45) is 9.05. The van der Waals surface area contributed by atoms with E-state index in [9.17, 15) is 9.90 Å². The Hall–Kier alpha value is -2.97. The Morgan fingerprint density at radius 2 is 2.12 bits per heavy atom. The van der Waals surface area contributed by atoms with Gasteiger partial charge in [-0.2, -0.15) is 0 Å². The zero-order chi connectivity index (χ0) is 23.1. The highest BCUT2D eigenvalue weighted by Crippen LogP contribution is 2.42. The second kappa shape index (κ2) is 8.76. The third kappa shape index (κ3) is 4.20. The van der Waals surface area contributed by atoms with Gasteiger partial charge in [0.05, 0.1) is 6.10 Å².